The smallest absolute Gasteiger partial charge is 0.413 e. The number of carbonyl (C=O) groups is 2. The standard InChI is InChI=1S/C27H31NO8/c1-6-18-15-35-27(30)28(18)25-23(16-10-8-7-9-11-16)19(14-22(36-25)26(29)34-5)17-12-20(31-2)24(33-4)21(13-17)32-3/h7-14,18-19,23,25H,6,15H2,1-5H3/t18-,19-,23-,25-/m1/s1. The molecule has 9 nitrogen and oxygen atoms in total. The van der Waals surface area contributed by atoms with E-state index in [1.165, 1.54) is 14.2 Å². The molecule has 2 aromatic rings. The van der Waals surface area contributed by atoms with Gasteiger partial charge in [0.05, 0.1) is 40.4 Å². The molecule has 2 aromatic carbocycles. The predicted molar refractivity (Wildman–Crippen MR) is 130 cm³/mol. The lowest BCUT2D eigenvalue weighted by Gasteiger charge is -2.42. The normalized spacial score (nSPS) is 23.3. The molecule has 192 valence electrons. The number of rotatable bonds is 8. The van der Waals surface area contributed by atoms with E-state index >= 15 is 0 Å². The fourth-order valence-electron chi connectivity index (χ4n) is 4.88. The largest absolute Gasteiger partial charge is 0.493 e. The first-order valence-corrected chi connectivity index (χ1v) is 11.7. The Bertz CT molecular complexity index is 1110. The molecule has 2 aliphatic rings. The lowest BCUT2D eigenvalue weighted by molar-refractivity contribution is -0.145. The molecule has 0 saturated carbocycles. The second-order valence-corrected chi connectivity index (χ2v) is 8.50. The molecule has 0 N–H and O–H groups in total. The van der Waals surface area contributed by atoms with Crippen LogP contribution in [0, 0.1) is 0 Å². The van der Waals surface area contributed by atoms with E-state index < -0.39 is 24.2 Å². The van der Waals surface area contributed by atoms with E-state index in [0.29, 0.717) is 23.7 Å². The molecule has 0 bridgehead atoms. The molecule has 1 saturated heterocycles. The Morgan fingerprint density at radius 2 is 1.67 bits per heavy atom. The van der Waals surface area contributed by atoms with Gasteiger partial charge in [-0.3, -0.25) is 4.90 Å². The molecule has 36 heavy (non-hydrogen) atoms. The summed E-state index contributed by atoms with van der Waals surface area (Å²) in [6.07, 6.45) is 1.08. The fourth-order valence-corrected chi connectivity index (χ4v) is 4.88. The Balaban J connectivity index is 1.94. The number of hydrogen-bond donors (Lipinski definition) is 0. The molecule has 2 aliphatic heterocycles. The molecule has 2 heterocycles. The van der Waals surface area contributed by atoms with Crippen molar-refractivity contribution in [3.63, 3.8) is 0 Å². The molecule has 9 heteroatoms. The SMILES string of the molecule is CC[C@@H]1COC(=O)N1[C@@H]1OC(C(=O)OC)=C[C@H](c2cc(OC)c(OC)c(OC)c2)[C@H]1c1ccccc1. The lowest BCUT2D eigenvalue weighted by atomic mass is 9.77. The van der Waals surface area contributed by atoms with Crippen molar-refractivity contribution in [2.45, 2.75) is 37.5 Å². The zero-order chi connectivity index (χ0) is 25.8. The summed E-state index contributed by atoms with van der Waals surface area (Å²) in [4.78, 5) is 27.2. The van der Waals surface area contributed by atoms with Gasteiger partial charge in [-0.2, -0.15) is 0 Å². The van der Waals surface area contributed by atoms with Crippen molar-refractivity contribution < 1.29 is 38.0 Å². The van der Waals surface area contributed by atoms with Crippen LogP contribution in [0.3, 0.4) is 0 Å². The Morgan fingerprint density at radius 3 is 2.22 bits per heavy atom. The van der Waals surface area contributed by atoms with E-state index in [1.807, 2.05) is 49.4 Å². The zero-order valence-corrected chi connectivity index (χ0v) is 21.1. The first-order valence-electron chi connectivity index (χ1n) is 11.7. The van der Waals surface area contributed by atoms with Gasteiger partial charge in [-0.25, -0.2) is 9.59 Å². The van der Waals surface area contributed by atoms with Crippen LogP contribution >= 0.6 is 0 Å². The summed E-state index contributed by atoms with van der Waals surface area (Å²) in [7, 11) is 5.92. The van der Waals surface area contributed by atoms with E-state index in [1.54, 1.807) is 25.2 Å². The van der Waals surface area contributed by atoms with Crippen LogP contribution in [-0.4, -0.2) is 64.3 Å². The highest BCUT2D eigenvalue weighted by Crippen LogP contribution is 2.49. The average Bonchev–Trinajstić information content (AvgIpc) is 3.31. The summed E-state index contributed by atoms with van der Waals surface area (Å²) < 4.78 is 33.3. The van der Waals surface area contributed by atoms with Gasteiger partial charge in [0.15, 0.2) is 17.7 Å². The van der Waals surface area contributed by atoms with Crippen molar-refractivity contribution in [2.75, 3.05) is 35.0 Å². The monoisotopic (exact) mass is 497 g/mol. The summed E-state index contributed by atoms with van der Waals surface area (Å²) in [6, 6.07) is 13.2. The number of methoxy groups -OCH3 is 4. The Labute approximate surface area is 210 Å². The molecule has 4 atom stereocenters. The molecule has 0 spiro atoms. The maximum atomic E-state index is 12.9. The van der Waals surface area contributed by atoms with Gasteiger partial charge in [0.1, 0.15) is 6.61 Å². The van der Waals surface area contributed by atoms with Gasteiger partial charge in [0, 0.05) is 5.92 Å². The summed E-state index contributed by atoms with van der Waals surface area (Å²) in [5, 5.41) is 0. The van der Waals surface area contributed by atoms with Gasteiger partial charge >= 0.3 is 12.1 Å². The molecule has 0 aromatic heterocycles. The second kappa shape index (κ2) is 10.8. The van der Waals surface area contributed by atoms with Crippen molar-refractivity contribution in [2.24, 2.45) is 0 Å². The Morgan fingerprint density at radius 1 is 1.00 bits per heavy atom. The summed E-state index contributed by atoms with van der Waals surface area (Å²) in [6.45, 7) is 2.23. The third-order valence-corrected chi connectivity index (χ3v) is 6.66. The number of cyclic esters (lactones) is 1. The Hall–Kier alpha value is -3.88. The minimum absolute atomic E-state index is 0.0167. The van der Waals surface area contributed by atoms with E-state index in [0.717, 1.165) is 11.1 Å². The van der Waals surface area contributed by atoms with Gasteiger partial charge in [0.2, 0.25) is 11.5 Å². The lowest BCUT2D eigenvalue weighted by Crippen LogP contribution is -2.49. The van der Waals surface area contributed by atoms with Crippen molar-refractivity contribution in [1.29, 1.82) is 0 Å². The van der Waals surface area contributed by atoms with E-state index in [4.69, 9.17) is 28.4 Å². The van der Waals surface area contributed by atoms with Crippen LogP contribution in [0.2, 0.25) is 0 Å². The maximum absolute atomic E-state index is 12.9. The molecular weight excluding hydrogens is 466 g/mol. The highest BCUT2D eigenvalue weighted by atomic mass is 16.6. The van der Waals surface area contributed by atoms with Crippen molar-refractivity contribution in [3.05, 3.63) is 65.4 Å². The number of nitrogens with zero attached hydrogens (tertiary/aromatic N) is 1. The number of benzene rings is 2. The number of carbonyl (C=O) groups excluding carboxylic acids is 2. The summed E-state index contributed by atoms with van der Waals surface area (Å²) in [5.41, 5.74) is 1.71. The van der Waals surface area contributed by atoms with Crippen LogP contribution in [-0.2, 0) is 19.0 Å². The molecular formula is C27H31NO8. The van der Waals surface area contributed by atoms with Crippen LogP contribution in [0.4, 0.5) is 4.79 Å². The van der Waals surface area contributed by atoms with Gasteiger partial charge in [0.25, 0.3) is 0 Å². The third kappa shape index (κ3) is 4.53. The van der Waals surface area contributed by atoms with Gasteiger partial charge in [-0.1, -0.05) is 37.3 Å². The van der Waals surface area contributed by atoms with Crippen LogP contribution in [0.25, 0.3) is 0 Å². The number of hydrogen-bond acceptors (Lipinski definition) is 8. The maximum Gasteiger partial charge on any atom is 0.413 e. The molecule has 1 amide bonds. The number of ether oxygens (including phenoxy) is 6. The minimum atomic E-state index is -0.824. The highest BCUT2D eigenvalue weighted by molar-refractivity contribution is 5.87. The predicted octanol–water partition coefficient (Wildman–Crippen LogP) is 4.22. The van der Waals surface area contributed by atoms with Gasteiger partial charge in [-0.05, 0) is 35.8 Å². The Kier molecular flexibility index (Phi) is 7.57. The molecule has 0 aliphatic carbocycles. The molecule has 4 rings (SSSR count). The van der Waals surface area contributed by atoms with E-state index in [9.17, 15) is 9.59 Å². The third-order valence-electron chi connectivity index (χ3n) is 6.66. The van der Waals surface area contributed by atoms with Crippen LogP contribution in [0.15, 0.2) is 54.3 Å². The first kappa shape index (κ1) is 25.2. The van der Waals surface area contributed by atoms with Crippen molar-refractivity contribution in [3.8, 4) is 17.2 Å². The fraction of sp³-hybridized carbons (Fsp3) is 0.407. The van der Waals surface area contributed by atoms with Crippen LogP contribution in [0.5, 0.6) is 17.2 Å². The molecule has 0 unspecified atom stereocenters. The van der Waals surface area contributed by atoms with E-state index in [2.05, 4.69) is 0 Å². The summed E-state index contributed by atoms with van der Waals surface area (Å²) in [5.74, 6) is -0.0204. The van der Waals surface area contributed by atoms with Crippen LogP contribution < -0.4 is 14.2 Å². The number of amides is 1. The summed E-state index contributed by atoms with van der Waals surface area (Å²) >= 11 is 0. The molecule has 1 fully saturated rings. The average molecular weight is 498 g/mol. The topological polar surface area (TPSA) is 92.8 Å². The van der Waals surface area contributed by atoms with Crippen molar-refractivity contribution >= 4 is 12.1 Å². The van der Waals surface area contributed by atoms with E-state index in [-0.39, 0.29) is 24.3 Å². The first-order chi connectivity index (χ1) is 17.5. The number of esters is 1. The minimum Gasteiger partial charge on any atom is -0.493 e. The highest BCUT2D eigenvalue weighted by Gasteiger charge is 2.48. The number of allylic oxidation sites excluding steroid dienone is 1. The van der Waals surface area contributed by atoms with Gasteiger partial charge in [-0.15, -0.1) is 0 Å². The zero-order valence-electron chi connectivity index (χ0n) is 21.1. The van der Waals surface area contributed by atoms with Gasteiger partial charge < -0.3 is 28.4 Å². The van der Waals surface area contributed by atoms with Crippen LogP contribution in [0.1, 0.15) is 36.3 Å². The quantitative estimate of drug-likeness (QED) is 0.501. The van der Waals surface area contributed by atoms with Crippen molar-refractivity contribution in [1.82, 2.24) is 4.90 Å². The molecule has 0 radical (unpaired) electrons. The second-order valence-electron chi connectivity index (χ2n) is 8.50.